The Morgan fingerprint density at radius 2 is 1.46 bits per heavy atom. The second-order valence-corrected chi connectivity index (χ2v) is 5.56. The van der Waals surface area contributed by atoms with E-state index >= 15 is 0 Å². The van der Waals surface area contributed by atoms with Crippen LogP contribution in [0.1, 0.15) is 15.9 Å². The molecular formula is C19H16F3NO5. The van der Waals surface area contributed by atoms with Crippen molar-refractivity contribution < 1.29 is 37.0 Å². The number of halogens is 3. The van der Waals surface area contributed by atoms with Gasteiger partial charge in [-0.3, -0.25) is 9.59 Å². The highest BCUT2D eigenvalue weighted by Crippen LogP contribution is 2.15. The van der Waals surface area contributed by atoms with E-state index in [1.807, 2.05) is 0 Å². The van der Waals surface area contributed by atoms with Crippen molar-refractivity contribution >= 4 is 17.7 Å². The fraction of sp³-hybridized carbons (Fsp3) is 0.211. The van der Waals surface area contributed by atoms with E-state index in [0.29, 0.717) is 11.1 Å². The predicted octanol–water partition coefficient (Wildman–Crippen LogP) is 2.52. The third kappa shape index (κ3) is 7.10. The van der Waals surface area contributed by atoms with Crippen LogP contribution in [0.5, 0.6) is 5.75 Å². The quantitative estimate of drug-likeness (QED) is 0.549. The summed E-state index contributed by atoms with van der Waals surface area (Å²) in [5.41, 5.74) is 0.964. The smallest absolute Gasteiger partial charge is 0.405 e. The van der Waals surface area contributed by atoms with Crippen molar-refractivity contribution in [2.75, 3.05) is 19.8 Å². The van der Waals surface area contributed by atoms with Crippen LogP contribution in [-0.2, 0) is 14.3 Å². The van der Waals surface area contributed by atoms with Crippen LogP contribution in [0.4, 0.5) is 13.2 Å². The molecule has 2 aromatic carbocycles. The maximum atomic E-state index is 12.3. The molecule has 0 aliphatic heterocycles. The van der Waals surface area contributed by atoms with Crippen molar-refractivity contribution in [3.05, 3.63) is 65.7 Å². The summed E-state index contributed by atoms with van der Waals surface area (Å²) in [5, 5.41) is 1.57. The molecule has 0 aromatic heterocycles. The maximum absolute atomic E-state index is 12.3. The first-order valence-electron chi connectivity index (χ1n) is 8.06. The van der Waals surface area contributed by atoms with Crippen molar-refractivity contribution in [1.29, 1.82) is 0 Å². The van der Waals surface area contributed by atoms with E-state index in [1.54, 1.807) is 35.6 Å². The number of amides is 1. The Kier molecular flexibility index (Phi) is 7.14. The number of ether oxygens (including phenoxy) is 2. The van der Waals surface area contributed by atoms with E-state index in [4.69, 9.17) is 4.74 Å². The van der Waals surface area contributed by atoms with E-state index in [-0.39, 0.29) is 11.5 Å². The highest BCUT2D eigenvalue weighted by atomic mass is 19.4. The largest absolute Gasteiger partial charge is 0.482 e. The van der Waals surface area contributed by atoms with Crippen molar-refractivity contribution in [3.8, 4) is 5.75 Å². The number of esters is 1. The topological polar surface area (TPSA) is 81.7 Å². The predicted molar refractivity (Wildman–Crippen MR) is 91.8 cm³/mol. The summed E-state index contributed by atoms with van der Waals surface area (Å²) in [5.74, 6) is -1.89. The third-order valence-electron chi connectivity index (χ3n) is 3.36. The summed E-state index contributed by atoms with van der Waals surface area (Å²) in [6.07, 6.45) is -4.54. The Hall–Kier alpha value is -3.36. The van der Waals surface area contributed by atoms with Gasteiger partial charge in [-0.05, 0) is 24.3 Å². The molecule has 2 rings (SSSR count). The molecule has 0 radical (unpaired) electrons. The number of hydrogen-bond donors (Lipinski definition) is 1. The van der Waals surface area contributed by atoms with E-state index in [2.05, 4.69) is 4.74 Å². The average Bonchev–Trinajstić information content (AvgIpc) is 2.69. The van der Waals surface area contributed by atoms with Gasteiger partial charge < -0.3 is 14.8 Å². The van der Waals surface area contributed by atoms with Crippen LogP contribution in [0.15, 0.2) is 54.6 Å². The first-order valence-corrected chi connectivity index (χ1v) is 8.06. The molecule has 0 fully saturated rings. The first-order chi connectivity index (χ1) is 13.2. The maximum Gasteiger partial charge on any atom is 0.405 e. The van der Waals surface area contributed by atoms with Gasteiger partial charge in [0, 0.05) is 11.1 Å². The summed E-state index contributed by atoms with van der Waals surface area (Å²) < 4.78 is 45.5. The van der Waals surface area contributed by atoms with Gasteiger partial charge in [-0.15, -0.1) is 0 Å². The van der Waals surface area contributed by atoms with Crippen molar-refractivity contribution in [1.82, 2.24) is 5.32 Å². The molecule has 0 bridgehead atoms. The molecule has 0 unspecified atom stereocenters. The van der Waals surface area contributed by atoms with Crippen molar-refractivity contribution in [2.24, 2.45) is 0 Å². The van der Waals surface area contributed by atoms with Crippen molar-refractivity contribution in [2.45, 2.75) is 6.18 Å². The number of nitrogens with one attached hydrogen (secondary N) is 1. The lowest BCUT2D eigenvalue weighted by molar-refractivity contribution is -0.152. The van der Waals surface area contributed by atoms with Gasteiger partial charge in [-0.1, -0.05) is 30.3 Å². The summed E-state index contributed by atoms with van der Waals surface area (Å²) >= 11 is 0. The minimum atomic E-state index is -4.54. The normalized spacial score (nSPS) is 10.8. The summed E-state index contributed by atoms with van der Waals surface area (Å²) in [6.45, 7) is -2.89. The number of carbonyl (C=O) groups is 3. The molecule has 0 heterocycles. The molecule has 9 heteroatoms. The van der Waals surface area contributed by atoms with Crippen LogP contribution < -0.4 is 10.1 Å². The molecule has 6 nitrogen and oxygen atoms in total. The fourth-order valence-corrected chi connectivity index (χ4v) is 2.04. The first kappa shape index (κ1) is 20.9. The number of rotatable bonds is 8. The zero-order chi connectivity index (χ0) is 20.6. The minimum absolute atomic E-state index is 0.170. The molecule has 148 valence electrons. The molecule has 0 atom stereocenters. The molecule has 1 amide bonds. The van der Waals surface area contributed by atoms with E-state index in [1.165, 1.54) is 24.3 Å². The number of alkyl halides is 3. The van der Waals surface area contributed by atoms with Gasteiger partial charge >= 0.3 is 12.1 Å². The standard InChI is InChI=1S/C19H16F3NO5/c20-19(21,22)12-23-16(24)10-28-17(25)11-27-15-8-6-14(7-9-15)18(26)13-4-2-1-3-5-13/h1-9H,10-12H2,(H,23,24). The lowest BCUT2D eigenvalue weighted by Crippen LogP contribution is -2.36. The van der Waals surface area contributed by atoms with Gasteiger partial charge in [-0.2, -0.15) is 13.2 Å². The molecule has 0 aliphatic carbocycles. The van der Waals surface area contributed by atoms with Gasteiger partial charge in [0.15, 0.2) is 19.0 Å². The van der Waals surface area contributed by atoms with Crippen LogP contribution in [0.25, 0.3) is 0 Å². The highest BCUT2D eigenvalue weighted by Gasteiger charge is 2.27. The second kappa shape index (κ2) is 9.54. The van der Waals surface area contributed by atoms with Gasteiger partial charge in [0.1, 0.15) is 12.3 Å². The van der Waals surface area contributed by atoms with E-state index in [0.717, 1.165) is 0 Å². The fourth-order valence-electron chi connectivity index (χ4n) is 2.04. The summed E-state index contributed by atoms with van der Waals surface area (Å²) in [6, 6.07) is 14.7. The van der Waals surface area contributed by atoms with Crippen LogP contribution in [0, 0.1) is 0 Å². The molecule has 0 spiro atoms. The molecular weight excluding hydrogens is 379 g/mol. The number of ketones is 1. The Labute approximate surface area is 158 Å². The number of hydrogen-bond acceptors (Lipinski definition) is 5. The lowest BCUT2D eigenvalue weighted by atomic mass is 10.0. The van der Waals surface area contributed by atoms with Crippen LogP contribution in [0.2, 0.25) is 0 Å². The Bertz CT molecular complexity index is 820. The molecule has 0 aliphatic rings. The molecule has 0 saturated heterocycles. The molecule has 2 aromatic rings. The van der Waals surface area contributed by atoms with Gasteiger partial charge in [0.05, 0.1) is 0 Å². The molecule has 28 heavy (non-hydrogen) atoms. The Morgan fingerprint density at radius 1 is 0.857 bits per heavy atom. The van der Waals surface area contributed by atoms with Crippen molar-refractivity contribution in [3.63, 3.8) is 0 Å². The summed E-state index contributed by atoms with van der Waals surface area (Å²) in [7, 11) is 0. The second-order valence-electron chi connectivity index (χ2n) is 5.56. The Balaban J connectivity index is 1.76. The minimum Gasteiger partial charge on any atom is -0.482 e. The van der Waals surface area contributed by atoms with Gasteiger partial charge in [0.25, 0.3) is 5.91 Å². The number of benzene rings is 2. The lowest BCUT2D eigenvalue weighted by Gasteiger charge is -2.09. The summed E-state index contributed by atoms with van der Waals surface area (Å²) in [4.78, 5) is 34.9. The van der Waals surface area contributed by atoms with Gasteiger partial charge in [-0.25, -0.2) is 4.79 Å². The third-order valence-corrected chi connectivity index (χ3v) is 3.36. The van der Waals surface area contributed by atoms with E-state index < -0.39 is 37.8 Å². The van der Waals surface area contributed by atoms with E-state index in [9.17, 15) is 27.6 Å². The van der Waals surface area contributed by atoms with Crippen LogP contribution >= 0.6 is 0 Å². The SMILES string of the molecule is O=C(COC(=O)COc1ccc(C(=O)c2ccccc2)cc1)NCC(F)(F)F. The Morgan fingerprint density at radius 3 is 2.07 bits per heavy atom. The average molecular weight is 395 g/mol. The van der Waals surface area contributed by atoms with Gasteiger partial charge in [0.2, 0.25) is 0 Å². The zero-order valence-electron chi connectivity index (χ0n) is 14.5. The van der Waals surface area contributed by atoms with Crippen LogP contribution in [0.3, 0.4) is 0 Å². The van der Waals surface area contributed by atoms with Crippen LogP contribution in [-0.4, -0.2) is 43.6 Å². The highest BCUT2D eigenvalue weighted by molar-refractivity contribution is 6.08. The monoisotopic (exact) mass is 395 g/mol. The molecule has 1 N–H and O–H groups in total. The zero-order valence-corrected chi connectivity index (χ0v) is 14.5. The number of carbonyl (C=O) groups excluding carboxylic acids is 3. The molecule has 0 saturated carbocycles.